The molecule has 0 saturated heterocycles. The van der Waals surface area contributed by atoms with E-state index in [0.29, 0.717) is 5.92 Å². The Morgan fingerprint density at radius 1 is 1.10 bits per heavy atom. The van der Waals surface area contributed by atoms with E-state index < -0.39 is 0 Å². The van der Waals surface area contributed by atoms with Crippen LogP contribution >= 0.6 is 11.3 Å². The molecular weight excluding hydrogens is 266 g/mol. The number of aliphatic hydroxyl groups excluding tert-OH is 1. The summed E-state index contributed by atoms with van der Waals surface area (Å²) in [5.41, 5.74) is 1.29. The molecular formula is C17H21NOS. The second-order valence-electron chi connectivity index (χ2n) is 5.60. The predicted octanol–water partition coefficient (Wildman–Crippen LogP) is 3.67. The van der Waals surface area contributed by atoms with Crippen LogP contribution in [0.4, 0.5) is 0 Å². The molecule has 0 amide bonds. The molecule has 1 aromatic carbocycles. The fraction of sp³-hybridized carbons (Fsp3) is 0.412. The minimum absolute atomic E-state index is 0.0618. The summed E-state index contributed by atoms with van der Waals surface area (Å²) in [6.07, 6.45) is 3.04. The van der Waals surface area contributed by atoms with Crippen LogP contribution in [-0.4, -0.2) is 17.8 Å². The minimum Gasteiger partial charge on any atom is -0.393 e. The van der Waals surface area contributed by atoms with E-state index in [-0.39, 0.29) is 6.10 Å². The van der Waals surface area contributed by atoms with E-state index in [1.165, 1.54) is 15.3 Å². The molecule has 3 rings (SSSR count). The quantitative estimate of drug-likeness (QED) is 0.879. The van der Waals surface area contributed by atoms with Crippen LogP contribution in [0.5, 0.6) is 0 Å². The lowest BCUT2D eigenvalue weighted by Gasteiger charge is -2.09. The van der Waals surface area contributed by atoms with Gasteiger partial charge in [0, 0.05) is 16.3 Å². The summed E-state index contributed by atoms with van der Waals surface area (Å²) < 4.78 is 0. The van der Waals surface area contributed by atoms with Crippen molar-refractivity contribution >= 4 is 11.3 Å². The average molecular weight is 287 g/mol. The van der Waals surface area contributed by atoms with Gasteiger partial charge >= 0.3 is 0 Å². The monoisotopic (exact) mass is 287 g/mol. The Morgan fingerprint density at radius 2 is 1.95 bits per heavy atom. The highest BCUT2D eigenvalue weighted by atomic mass is 32.1. The Labute approximate surface area is 124 Å². The molecule has 2 aromatic rings. The van der Waals surface area contributed by atoms with Crippen molar-refractivity contribution in [3.63, 3.8) is 0 Å². The van der Waals surface area contributed by atoms with Crippen molar-refractivity contribution < 1.29 is 5.11 Å². The van der Waals surface area contributed by atoms with E-state index in [2.05, 4.69) is 47.8 Å². The van der Waals surface area contributed by atoms with Gasteiger partial charge in [0.25, 0.3) is 0 Å². The molecule has 2 atom stereocenters. The lowest BCUT2D eigenvalue weighted by molar-refractivity contribution is 0.177. The molecule has 1 aliphatic carbocycles. The molecule has 1 aliphatic rings. The molecule has 2 nitrogen and oxygen atoms in total. The fourth-order valence-electron chi connectivity index (χ4n) is 2.86. The van der Waals surface area contributed by atoms with Gasteiger partial charge in [-0.25, -0.2) is 0 Å². The zero-order valence-corrected chi connectivity index (χ0v) is 12.4. The third-order valence-corrected chi connectivity index (χ3v) is 5.10. The first-order valence-electron chi connectivity index (χ1n) is 7.34. The normalized spacial score (nSPS) is 22.2. The maximum atomic E-state index is 9.52. The second kappa shape index (κ2) is 6.53. The van der Waals surface area contributed by atoms with Gasteiger partial charge in [-0.05, 0) is 49.4 Å². The predicted molar refractivity (Wildman–Crippen MR) is 84.8 cm³/mol. The Hall–Kier alpha value is -1.16. The van der Waals surface area contributed by atoms with Gasteiger partial charge in [0.2, 0.25) is 0 Å². The molecule has 3 heteroatoms. The zero-order chi connectivity index (χ0) is 13.8. The summed E-state index contributed by atoms with van der Waals surface area (Å²) >= 11 is 1.86. The van der Waals surface area contributed by atoms with Crippen LogP contribution in [-0.2, 0) is 6.54 Å². The number of hydrogen-bond donors (Lipinski definition) is 2. The van der Waals surface area contributed by atoms with Crippen molar-refractivity contribution in [2.24, 2.45) is 5.92 Å². The van der Waals surface area contributed by atoms with Gasteiger partial charge in [-0.2, -0.15) is 0 Å². The van der Waals surface area contributed by atoms with E-state index in [0.717, 1.165) is 32.4 Å². The van der Waals surface area contributed by atoms with Crippen molar-refractivity contribution in [1.29, 1.82) is 0 Å². The molecule has 20 heavy (non-hydrogen) atoms. The molecule has 1 heterocycles. The Morgan fingerprint density at radius 3 is 2.70 bits per heavy atom. The van der Waals surface area contributed by atoms with Crippen molar-refractivity contribution in [1.82, 2.24) is 5.32 Å². The van der Waals surface area contributed by atoms with Gasteiger partial charge in [-0.15, -0.1) is 11.3 Å². The van der Waals surface area contributed by atoms with Gasteiger partial charge in [-0.3, -0.25) is 0 Å². The lowest BCUT2D eigenvalue weighted by atomic mass is 10.1. The van der Waals surface area contributed by atoms with Crippen LogP contribution in [0.1, 0.15) is 24.1 Å². The molecule has 0 bridgehead atoms. The highest BCUT2D eigenvalue weighted by molar-refractivity contribution is 7.15. The first-order valence-corrected chi connectivity index (χ1v) is 8.16. The number of benzene rings is 1. The van der Waals surface area contributed by atoms with Crippen molar-refractivity contribution in [3.8, 4) is 10.4 Å². The molecule has 0 spiro atoms. The largest absolute Gasteiger partial charge is 0.393 e. The van der Waals surface area contributed by atoms with E-state index in [9.17, 15) is 5.11 Å². The van der Waals surface area contributed by atoms with Crippen LogP contribution in [0.2, 0.25) is 0 Å². The van der Waals surface area contributed by atoms with Gasteiger partial charge in [0.15, 0.2) is 0 Å². The van der Waals surface area contributed by atoms with Crippen LogP contribution < -0.4 is 5.32 Å². The molecule has 0 radical (unpaired) electrons. The maximum Gasteiger partial charge on any atom is 0.0543 e. The highest BCUT2D eigenvalue weighted by Gasteiger charge is 2.22. The molecule has 0 aliphatic heterocycles. The van der Waals surface area contributed by atoms with Crippen molar-refractivity contribution in [2.45, 2.75) is 31.9 Å². The minimum atomic E-state index is -0.0618. The van der Waals surface area contributed by atoms with E-state index in [4.69, 9.17) is 0 Å². The third kappa shape index (κ3) is 3.48. The smallest absolute Gasteiger partial charge is 0.0543 e. The first-order chi connectivity index (χ1) is 9.81. The van der Waals surface area contributed by atoms with Crippen LogP contribution in [0.15, 0.2) is 42.5 Å². The fourth-order valence-corrected chi connectivity index (χ4v) is 3.85. The van der Waals surface area contributed by atoms with E-state index >= 15 is 0 Å². The van der Waals surface area contributed by atoms with Crippen molar-refractivity contribution in [3.05, 3.63) is 47.3 Å². The average Bonchev–Trinajstić information content (AvgIpc) is 3.09. The number of aliphatic hydroxyl groups is 1. The van der Waals surface area contributed by atoms with Gasteiger partial charge < -0.3 is 10.4 Å². The Balaban J connectivity index is 1.50. The number of hydrogen-bond acceptors (Lipinski definition) is 3. The molecule has 2 N–H and O–H groups in total. The second-order valence-corrected chi connectivity index (χ2v) is 6.76. The van der Waals surface area contributed by atoms with Crippen LogP contribution in [0, 0.1) is 5.92 Å². The van der Waals surface area contributed by atoms with Crippen LogP contribution in [0.25, 0.3) is 10.4 Å². The lowest BCUT2D eigenvalue weighted by Crippen LogP contribution is -2.20. The summed E-state index contributed by atoms with van der Waals surface area (Å²) in [7, 11) is 0. The molecule has 1 fully saturated rings. The van der Waals surface area contributed by atoms with Gasteiger partial charge in [-0.1, -0.05) is 30.3 Å². The van der Waals surface area contributed by atoms with E-state index in [1.54, 1.807) is 0 Å². The van der Waals surface area contributed by atoms with Crippen LogP contribution in [0.3, 0.4) is 0 Å². The SMILES string of the molecule is OC1CCC(CNCc2ccc(-c3ccccc3)s2)C1. The number of rotatable bonds is 5. The van der Waals surface area contributed by atoms with E-state index in [1.807, 2.05) is 11.3 Å². The molecule has 1 aromatic heterocycles. The van der Waals surface area contributed by atoms with Gasteiger partial charge in [0.1, 0.15) is 0 Å². The standard InChI is InChI=1S/C17H21NOS/c19-15-7-6-13(10-15)11-18-12-16-8-9-17(20-16)14-4-2-1-3-5-14/h1-5,8-9,13,15,18-19H,6-7,10-12H2. The Bertz CT molecular complexity index is 537. The zero-order valence-electron chi connectivity index (χ0n) is 11.6. The molecule has 2 unspecified atom stereocenters. The number of nitrogens with one attached hydrogen (secondary N) is 1. The topological polar surface area (TPSA) is 32.3 Å². The maximum absolute atomic E-state index is 9.52. The molecule has 106 valence electrons. The van der Waals surface area contributed by atoms with Crippen molar-refractivity contribution in [2.75, 3.05) is 6.54 Å². The highest BCUT2D eigenvalue weighted by Crippen LogP contribution is 2.28. The summed E-state index contributed by atoms with van der Waals surface area (Å²) in [5, 5.41) is 13.0. The summed E-state index contributed by atoms with van der Waals surface area (Å²) in [6.45, 7) is 1.96. The summed E-state index contributed by atoms with van der Waals surface area (Å²) in [6, 6.07) is 14.9. The number of thiophene rings is 1. The first kappa shape index (κ1) is 13.8. The van der Waals surface area contributed by atoms with Gasteiger partial charge in [0.05, 0.1) is 6.10 Å². The molecule has 1 saturated carbocycles. The summed E-state index contributed by atoms with van der Waals surface area (Å²) in [5.74, 6) is 0.651. The third-order valence-electron chi connectivity index (χ3n) is 3.97. The Kier molecular flexibility index (Phi) is 4.51. The summed E-state index contributed by atoms with van der Waals surface area (Å²) in [4.78, 5) is 2.71.